The van der Waals surface area contributed by atoms with Crippen LogP contribution in [0.2, 0.25) is 0 Å². The van der Waals surface area contributed by atoms with Gasteiger partial charge in [0, 0.05) is 24.3 Å². The third-order valence-electron chi connectivity index (χ3n) is 2.29. The molecule has 2 heterocycles. The fourth-order valence-electron chi connectivity index (χ4n) is 1.46. The van der Waals surface area contributed by atoms with E-state index in [-0.39, 0.29) is 12.5 Å². The lowest BCUT2D eigenvalue weighted by Crippen LogP contribution is -2.26. The first-order valence-electron chi connectivity index (χ1n) is 5.34. The number of aliphatic imine (C=N–C) groups is 1. The van der Waals surface area contributed by atoms with E-state index in [1.54, 1.807) is 18.3 Å². The predicted molar refractivity (Wildman–Crippen MR) is 64.9 cm³/mol. The third kappa shape index (κ3) is 2.75. The van der Waals surface area contributed by atoms with Crippen molar-refractivity contribution < 1.29 is 9.59 Å². The number of amides is 1. The molecule has 0 saturated carbocycles. The van der Waals surface area contributed by atoms with Crippen LogP contribution in [0, 0.1) is 0 Å². The molecule has 6 heteroatoms. The summed E-state index contributed by atoms with van der Waals surface area (Å²) in [6.07, 6.45) is 4.52. The van der Waals surface area contributed by atoms with Gasteiger partial charge in [0.2, 0.25) is 6.08 Å². The summed E-state index contributed by atoms with van der Waals surface area (Å²) in [5.41, 5.74) is 1.05. The molecule has 0 saturated heterocycles. The molecule has 18 heavy (non-hydrogen) atoms. The van der Waals surface area contributed by atoms with Crippen LogP contribution < -0.4 is 5.32 Å². The lowest BCUT2D eigenvalue weighted by atomic mass is 10.2. The quantitative estimate of drug-likeness (QED) is 0.485. The van der Waals surface area contributed by atoms with Crippen molar-refractivity contribution in [3.8, 4) is 0 Å². The number of pyridine rings is 2. The van der Waals surface area contributed by atoms with E-state index in [1.165, 1.54) is 12.3 Å². The van der Waals surface area contributed by atoms with Crippen molar-refractivity contribution in [2.75, 3.05) is 13.1 Å². The molecule has 0 unspecified atom stereocenters. The molecule has 0 aromatic carbocycles. The number of carbonyl (C=O) groups excluding carboxylic acids is 2. The van der Waals surface area contributed by atoms with Crippen LogP contribution in [0.3, 0.4) is 0 Å². The molecule has 0 aliphatic heterocycles. The van der Waals surface area contributed by atoms with Crippen molar-refractivity contribution in [1.82, 2.24) is 15.3 Å². The number of hydrogen-bond acceptors (Lipinski definition) is 5. The fourth-order valence-corrected chi connectivity index (χ4v) is 1.46. The molecule has 1 amide bonds. The van der Waals surface area contributed by atoms with Crippen molar-refractivity contribution in [2.24, 2.45) is 4.99 Å². The van der Waals surface area contributed by atoms with E-state index in [0.29, 0.717) is 17.8 Å². The molecule has 6 nitrogen and oxygen atoms in total. The number of nitrogens with one attached hydrogen (secondary N) is 1. The van der Waals surface area contributed by atoms with Crippen molar-refractivity contribution in [3.63, 3.8) is 0 Å². The van der Waals surface area contributed by atoms with E-state index in [1.807, 2.05) is 6.07 Å². The Morgan fingerprint density at radius 1 is 1.44 bits per heavy atom. The van der Waals surface area contributed by atoms with Gasteiger partial charge in [-0.05, 0) is 18.2 Å². The van der Waals surface area contributed by atoms with Crippen LogP contribution in [-0.2, 0) is 4.79 Å². The third-order valence-corrected chi connectivity index (χ3v) is 2.29. The van der Waals surface area contributed by atoms with Crippen LogP contribution in [0.5, 0.6) is 0 Å². The monoisotopic (exact) mass is 242 g/mol. The molecule has 0 spiro atoms. The summed E-state index contributed by atoms with van der Waals surface area (Å²) in [4.78, 5) is 33.1. The number of aromatic nitrogens is 2. The number of carbonyl (C=O) groups is 1. The maximum atomic E-state index is 11.7. The molecule has 0 atom stereocenters. The van der Waals surface area contributed by atoms with E-state index in [0.717, 1.165) is 5.39 Å². The number of hydrogen-bond donors (Lipinski definition) is 1. The highest BCUT2D eigenvalue weighted by atomic mass is 16.1. The van der Waals surface area contributed by atoms with Crippen molar-refractivity contribution in [1.29, 1.82) is 0 Å². The summed E-state index contributed by atoms with van der Waals surface area (Å²) in [7, 11) is 0. The van der Waals surface area contributed by atoms with Gasteiger partial charge in [-0.1, -0.05) is 0 Å². The number of nitrogens with zero attached hydrogens (tertiary/aromatic N) is 3. The summed E-state index contributed by atoms with van der Waals surface area (Å²) < 4.78 is 0. The Morgan fingerprint density at radius 2 is 2.33 bits per heavy atom. The zero-order chi connectivity index (χ0) is 12.8. The first-order chi connectivity index (χ1) is 8.81. The highest BCUT2D eigenvalue weighted by molar-refractivity contribution is 5.96. The zero-order valence-corrected chi connectivity index (χ0v) is 9.46. The highest BCUT2D eigenvalue weighted by Crippen LogP contribution is 2.09. The Bertz CT molecular complexity index is 620. The number of isocyanates is 1. The summed E-state index contributed by atoms with van der Waals surface area (Å²) in [5.74, 6) is -0.255. The maximum absolute atomic E-state index is 11.7. The molecule has 1 N–H and O–H groups in total. The van der Waals surface area contributed by atoms with Crippen LogP contribution in [0.15, 0.2) is 35.6 Å². The van der Waals surface area contributed by atoms with Crippen molar-refractivity contribution in [3.05, 3.63) is 36.2 Å². The lowest BCUT2D eigenvalue weighted by molar-refractivity contribution is 0.0954. The van der Waals surface area contributed by atoms with Gasteiger partial charge in [-0.3, -0.25) is 4.79 Å². The maximum Gasteiger partial charge on any atom is 0.252 e. The van der Waals surface area contributed by atoms with E-state index in [9.17, 15) is 9.59 Å². The normalized spacial score (nSPS) is 9.78. The van der Waals surface area contributed by atoms with Gasteiger partial charge < -0.3 is 5.32 Å². The summed E-state index contributed by atoms with van der Waals surface area (Å²) in [6.45, 7) is 0.511. The summed E-state index contributed by atoms with van der Waals surface area (Å²) >= 11 is 0. The van der Waals surface area contributed by atoms with E-state index >= 15 is 0 Å². The Balaban J connectivity index is 2.10. The second-order valence-electron chi connectivity index (χ2n) is 3.50. The largest absolute Gasteiger partial charge is 0.350 e. The SMILES string of the molecule is O=C=NCCNC(=O)c1cnc2ncccc2c1. The summed E-state index contributed by atoms with van der Waals surface area (Å²) in [6, 6.07) is 5.33. The van der Waals surface area contributed by atoms with Crippen LogP contribution in [-0.4, -0.2) is 35.0 Å². The van der Waals surface area contributed by atoms with Crippen LogP contribution in [0.25, 0.3) is 11.0 Å². The number of fused-ring (bicyclic) bond motifs is 1. The van der Waals surface area contributed by atoms with Gasteiger partial charge in [0.1, 0.15) is 0 Å². The Kier molecular flexibility index (Phi) is 3.73. The zero-order valence-electron chi connectivity index (χ0n) is 9.46. The van der Waals surface area contributed by atoms with Crippen LogP contribution in [0.4, 0.5) is 0 Å². The van der Waals surface area contributed by atoms with Crippen molar-refractivity contribution >= 4 is 23.0 Å². The Labute approximate surface area is 103 Å². The minimum Gasteiger partial charge on any atom is -0.350 e. The average molecular weight is 242 g/mol. The molecule has 2 aromatic rings. The molecular weight excluding hydrogens is 232 g/mol. The molecule has 0 aliphatic rings. The molecule has 0 radical (unpaired) electrons. The highest BCUT2D eigenvalue weighted by Gasteiger charge is 2.06. The first-order valence-corrected chi connectivity index (χ1v) is 5.34. The van der Waals surface area contributed by atoms with Gasteiger partial charge >= 0.3 is 0 Å². The lowest BCUT2D eigenvalue weighted by Gasteiger charge is -2.03. The van der Waals surface area contributed by atoms with Crippen LogP contribution >= 0.6 is 0 Å². The summed E-state index contributed by atoms with van der Waals surface area (Å²) in [5, 5.41) is 3.43. The molecule has 0 bridgehead atoms. The Morgan fingerprint density at radius 3 is 3.17 bits per heavy atom. The minimum atomic E-state index is -0.255. The minimum absolute atomic E-state index is 0.220. The van der Waals surface area contributed by atoms with Crippen molar-refractivity contribution in [2.45, 2.75) is 0 Å². The topological polar surface area (TPSA) is 84.3 Å². The van der Waals surface area contributed by atoms with Gasteiger partial charge in [0.15, 0.2) is 5.65 Å². The van der Waals surface area contributed by atoms with Gasteiger partial charge in [-0.25, -0.2) is 19.8 Å². The van der Waals surface area contributed by atoms with Gasteiger partial charge in [-0.15, -0.1) is 0 Å². The van der Waals surface area contributed by atoms with Gasteiger partial charge in [-0.2, -0.15) is 0 Å². The molecule has 90 valence electrons. The van der Waals surface area contributed by atoms with Gasteiger partial charge in [0.05, 0.1) is 12.1 Å². The molecule has 2 aromatic heterocycles. The van der Waals surface area contributed by atoms with Crippen LogP contribution in [0.1, 0.15) is 10.4 Å². The fraction of sp³-hybridized carbons (Fsp3) is 0.167. The van der Waals surface area contributed by atoms with E-state index < -0.39 is 0 Å². The van der Waals surface area contributed by atoms with E-state index in [4.69, 9.17) is 0 Å². The standard InChI is InChI=1S/C12H10N4O2/c17-8-13-4-5-15-12(18)10-6-9-2-1-3-14-11(9)16-7-10/h1-3,6-7H,4-5H2,(H,15,18). The Hall–Kier alpha value is -2.59. The van der Waals surface area contributed by atoms with E-state index in [2.05, 4.69) is 20.3 Å². The second-order valence-corrected chi connectivity index (χ2v) is 3.50. The smallest absolute Gasteiger partial charge is 0.252 e. The molecule has 0 aliphatic carbocycles. The molecular formula is C12H10N4O2. The molecule has 2 rings (SSSR count). The predicted octanol–water partition coefficient (Wildman–Crippen LogP) is 0.695. The second kappa shape index (κ2) is 5.65. The molecule has 0 fully saturated rings. The average Bonchev–Trinajstić information content (AvgIpc) is 2.43. The number of rotatable bonds is 4. The first kappa shape index (κ1) is 11.9. The van der Waals surface area contributed by atoms with Gasteiger partial charge in [0.25, 0.3) is 5.91 Å².